The largest absolute Gasteiger partial charge is 0.507 e. The monoisotopic (exact) mass is 244 g/mol. The van der Waals surface area contributed by atoms with E-state index in [0.29, 0.717) is 11.4 Å². The van der Waals surface area contributed by atoms with Crippen molar-refractivity contribution in [3.63, 3.8) is 0 Å². The minimum Gasteiger partial charge on any atom is -0.507 e. The van der Waals surface area contributed by atoms with E-state index in [2.05, 4.69) is 10.3 Å². The summed E-state index contributed by atoms with van der Waals surface area (Å²) in [6.45, 7) is 0. The minimum atomic E-state index is -0.400. The highest BCUT2D eigenvalue weighted by molar-refractivity contribution is 6.06. The highest BCUT2D eigenvalue weighted by Gasteiger charge is 2.12. The van der Waals surface area contributed by atoms with Crippen molar-refractivity contribution in [2.75, 3.05) is 12.4 Å². The first kappa shape index (κ1) is 11.9. The summed E-state index contributed by atoms with van der Waals surface area (Å²) >= 11 is 0. The Morgan fingerprint density at radius 3 is 2.83 bits per heavy atom. The van der Waals surface area contributed by atoms with E-state index in [1.807, 2.05) is 0 Å². The summed E-state index contributed by atoms with van der Waals surface area (Å²) in [6.07, 6.45) is 3.14. The molecule has 0 atom stereocenters. The number of amides is 1. The van der Waals surface area contributed by atoms with Crippen LogP contribution < -0.4 is 10.1 Å². The van der Waals surface area contributed by atoms with Gasteiger partial charge in [0.2, 0.25) is 0 Å². The van der Waals surface area contributed by atoms with Crippen LogP contribution in [-0.4, -0.2) is 23.1 Å². The fraction of sp³-hybridized carbons (Fsp3) is 0.0769. The molecule has 0 aliphatic carbocycles. The topological polar surface area (TPSA) is 71.5 Å². The normalized spacial score (nSPS) is 9.83. The molecule has 18 heavy (non-hydrogen) atoms. The quantitative estimate of drug-likeness (QED) is 0.866. The maximum atomic E-state index is 11.9. The van der Waals surface area contributed by atoms with Crippen LogP contribution >= 0.6 is 0 Å². The first-order chi connectivity index (χ1) is 8.70. The van der Waals surface area contributed by atoms with Gasteiger partial charge in [0.1, 0.15) is 11.5 Å². The van der Waals surface area contributed by atoms with Crippen molar-refractivity contribution in [2.45, 2.75) is 0 Å². The lowest BCUT2D eigenvalue weighted by Gasteiger charge is -2.07. The van der Waals surface area contributed by atoms with Crippen molar-refractivity contribution in [3.05, 3.63) is 48.3 Å². The van der Waals surface area contributed by atoms with Gasteiger partial charge >= 0.3 is 0 Å². The van der Waals surface area contributed by atoms with Crippen molar-refractivity contribution in [2.24, 2.45) is 0 Å². The van der Waals surface area contributed by atoms with Crippen molar-refractivity contribution in [3.8, 4) is 11.5 Å². The number of nitrogens with zero attached hydrogens (tertiary/aromatic N) is 1. The highest BCUT2D eigenvalue weighted by Crippen LogP contribution is 2.24. The Balaban J connectivity index is 2.19. The number of aromatic hydroxyl groups is 1. The predicted molar refractivity (Wildman–Crippen MR) is 66.8 cm³/mol. The molecule has 5 heteroatoms. The smallest absolute Gasteiger partial charge is 0.259 e. The number of carbonyl (C=O) groups excluding carboxylic acids is 1. The summed E-state index contributed by atoms with van der Waals surface area (Å²) in [6, 6.07) is 7.92. The van der Waals surface area contributed by atoms with Crippen LogP contribution in [0.2, 0.25) is 0 Å². The third-order valence-electron chi connectivity index (χ3n) is 2.37. The number of pyridine rings is 1. The Hall–Kier alpha value is -2.56. The molecule has 1 heterocycles. The van der Waals surface area contributed by atoms with Crippen LogP contribution in [0.4, 0.5) is 5.69 Å². The van der Waals surface area contributed by atoms with Gasteiger partial charge in [-0.1, -0.05) is 0 Å². The van der Waals surface area contributed by atoms with E-state index < -0.39 is 5.91 Å². The maximum Gasteiger partial charge on any atom is 0.259 e. The van der Waals surface area contributed by atoms with Gasteiger partial charge in [0.05, 0.1) is 24.6 Å². The molecule has 92 valence electrons. The number of rotatable bonds is 3. The number of hydrogen-bond donors (Lipinski definition) is 2. The molecule has 0 aliphatic heterocycles. The number of nitrogens with one attached hydrogen (secondary N) is 1. The average molecular weight is 244 g/mol. The Labute approximate surface area is 104 Å². The van der Waals surface area contributed by atoms with Gasteiger partial charge in [0.15, 0.2) is 0 Å². The van der Waals surface area contributed by atoms with E-state index in [4.69, 9.17) is 4.74 Å². The third-order valence-corrected chi connectivity index (χ3v) is 2.37. The van der Waals surface area contributed by atoms with Gasteiger partial charge < -0.3 is 15.2 Å². The Morgan fingerprint density at radius 2 is 2.22 bits per heavy atom. The van der Waals surface area contributed by atoms with Crippen LogP contribution in [0.15, 0.2) is 42.7 Å². The van der Waals surface area contributed by atoms with Crippen LogP contribution in [0, 0.1) is 0 Å². The van der Waals surface area contributed by atoms with Crippen molar-refractivity contribution in [1.82, 2.24) is 4.98 Å². The van der Waals surface area contributed by atoms with E-state index in [-0.39, 0.29) is 11.3 Å². The minimum absolute atomic E-state index is 0.129. The second-order valence-electron chi connectivity index (χ2n) is 3.58. The van der Waals surface area contributed by atoms with Crippen LogP contribution in [0.25, 0.3) is 0 Å². The van der Waals surface area contributed by atoms with Gasteiger partial charge in [-0.3, -0.25) is 9.78 Å². The molecule has 0 aliphatic rings. The molecule has 1 amide bonds. The number of anilines is 1. The first-order valence-electron chi connectivity index (χ1n) is 5.29. The lowest BCUT2D eigenvalue weighted by Crippen LogP contribution is -2.12. The summed E-state index contributed by atoms with van der Waals surface area (Å²) in [5, 5.41) is 12.3. The number of phenolic OH excluding ortho intramolecular Hbond substituents is 1. The zero-order chi connectivity index (χ0) is 13.0. The lowest BCUT2D eigenvalue weighted by molar-refractivity contribution is 0.102. The molecule has 0 fully saturated rings. The van der Waals surface area contributed by atoms with Crippen molar-refractivity contribution < 1.29 is 14.6 Å². The average Bonchev–Trinajstić information content (AvgIpc) is 2.39. The first-order valence-corrected chi connectivity index (χ1v) is 5.29. The molecular formula is C13H12N2O3. The summed E-state index contributed by atoms with van der Waals surface area (Å²) in [4.78, 5) is 15.8. The van der Waals surface area contributed by atoms with E-state index in [0.717, 1.165) is 0 Å². The Kier molecular flexibility index (Phi) is 3.43. The number of carbonyl (C=O) groups is 1. The summed E-state index contributed by atoms with van der Waals surface area (Å²) in [5.41, 5.74) is 0.748. The zero-order valence-electron chi connectivity index (χ0n) is 9.75. The van der Waals surface area contributed by atoms with Crippen molar-refractivity contribution in [1.29, 1.82) is 0 Å². The molecule has 1 aromatic heterocycles. The molecule has 0 saturated heterocycles. The molecule has 1 aromatic carbocycles. The molecule has 2 aromatic rings. The molecule has 0 spiro atoms. The number of methoxy groups -OCH3 is 1. The van der Waals surface area contributed by atoms with Crippen LogP contribution in [-0.2, 0) is 0 Å². The van der Waals surface area contributed by atoms with Crippen LogP contribution in [0.3, 0.4) is 0 Å². The van der Waals surface area contributed by atoms with E-state index in [1.54, 1.807) is 24.4 Å². The molecular weight excluding hydrogens is 232 g/mol. The van der Waals surface area contributed by atoms with Gasteiger partial charge in [-0.2, -0.15) is 0 Å². The Morgan fingerprint density at radius 1 is 1.39 bits per heavy atom. The summed E-state index contributed by atoms with van der Waals surface area (Å²) < 4.78 is 4.95. The molecule has 5 nitrogen and oxygen atoms in total. The van der Waals surface area contributed by atoms with E-state index >= 15 is 0 Å². The van der Waals surface area contributed by atoms with Gasteiger partial charge in [-0.05, 0) is 24.3 Å². The van der Waals surface area contributed by atoms with E-state index in [1.165, 1.54) is 25.4 Å². The molecule has 0 saturated carbocycles. The number of aromatic nitrogens is 1. The second kappa shape index (κ2) is 5.18. The fourth-order valence-corrected chi connectivity index (χ4v) is 1.47. The SMILES string of the molecule is COc1ccc(C(=O)Nc2cccnc2)c(O)c1. The van der Waals surface area contributed by atoms with Gasteiger partial charge in [-0.25, -0.2) is 0 Å². The highest BCUT2D eigenvalue weighted by atomic mass is 16.5. The molecule has 2 N–H and O–H groups in total. The van der Waals surface area contributed by atoms with E-state index in [9.17, 15) is 9.90 Å². The predicted octanol–water partition coefficient (Wildman–Crippen LogP) is 2.05. The fourth-order valence-electron chi connectivity index (χ4n) is 1.47. The third kappa shape index (κ3) is 2.57. The standard InChI is InChI=1S/C13H12N2O3/c1-18-10-4-5-11(12(16)7-10)13(17)15-9-3-2-6-14-8-9/h2-8,16H,1H3,(H,15,17). The van der Waals surface area contributed by atoms with Crippen LogP contribution in [0.1, 0.15) is 10.4 Å². The summed E-state index contributed by atoms with van der Waals surface area (Å²) in [7, 11) is 1.49. The Bertz CT molecular complexity index is 555. The number of ether oxygens (including phenoxy) is 1. The zero-order valence-corrected chi connectivity index (χ0v) is 9.75. The van der Waals surface area contributed by atoms with Crippen LogP contribution in [0.5, 0.6) is 11.5 Å². The number of benzene rings is 1. The lowest BCUT2D eigenvalue weighted by atomic mass is 10.1. The van der Waals surface area contributed by atoms with Gasteiger partial charge in [0, 0.05) is 12.3 Å². The number of phenols is 1. The summed E-state index contributed by atoms with van der Waals surface area (Å²) in [5.74, 6) is -0.0377. The molecule has 0 unspecified atom stereocenters. The molecule has 0 radical (unpaired) electrons. The van der Waals surface area contributed by atoms with Gasteiger partial charge in [0.25, 0.3) is 5.91 Å². The second-order valence-corrected chi connectivity index (χ2v) is 3.58. The van der Waals surface area contributed by atoms with Crippen molar-refractivity contribution >= 4 is 11.6 Å². The maximum absolute atomic E-state index is 11.9. The number of hydrogen-bond acceptors (Lipinski definition) is 4. The van der Waals surface area contributed by atoms with Gasteiger partial charge in [-0.15, -0.1) is 0 Å². The molecule has 0 bridgehead atoms. The molecule has 2 rings (SSSR count).